The Balaban J connectivity index is 1.74. The van der Waals surface area contributed by atoms with Crippen LogP contribution in [0.2, 0.25) is 5.02 Å². The Bertz CT molecular complexity index is 743. The van der Waals surface area contributed by atoms with Crippen LogP contribution in [-0.2, 0) is 6.42 Å². The molecule has 27 heavy (non-hydrogen) atoms. The van der Waals surface area contributed by atoms with E-state index in [4.69, 9.17) is 11.6 Å². The second-order valence-electron chi connectivity index (χ2n) is 7.77. The van der Waals surface area contributed by atoms with Crippen LogP contribution in [0.25, 0.3) is 5.65 Å². The number of rotatable bonds is 3. The van der Waals surface area contributed by atoms with Crippen molar-refractivity contribution in [3.05, 3.63) is 34.7 Å². The third kappa shape index (κ3) is 5.47. The van der Waals surface area contributed by atoms with Crippen molar-refractivity contribution in [2.45, 2.75) is 90.0 Å². The van der Waals surface area contributed by atoms with Crippen molar-refractivity contribution >= 4 is 23.2 Å². The molecule has 1 fully saturated rings. The Kier molecular flexibility index (Phi) is 7.57. The summed E-state index contributed by atoms with van der Waals surface area (Å²) in [6.45, 7) is 2.04. The summed E-state index contributed by atoms with van der Waals surface area (Å²) >= 11 is 6.16. The quantitative estimate of drug-likeness (QED) is 0.704. The van der Waals surface area contributed by atoms with Crippen LogP contribution < -0.4 is 5.32 Å². The molecule has 2 heterocycles. The molecule has 2 aromatic rings. The lowest BCUT2D eigenvalue weighted by Gasteiger charge is -2.20. The van der Waals surface area contributed by atoms with E-state index < -0.39 is 0 Å². The van der Waals surface area contributed by atoms with Gasteiger partial charge in [-0.15, -0.1) is 0 Å². The molecule has 0 radical (unpaired) electrons. The summed E-state index contributed by atoms with van der Waals surface area (Å²) in [6, 6.07) is 3.94. The number of nitrogens with one attached hydrogen (secondary N) is 1. The lowest BCUT2D eigenvalue weighted by Crippen LogP contribution is -2.36. The summed E-state index contributed by atoms with van der Waals surface area (Å²) in [7, 11) is 0. The molecular formula is C22H32ClN3O. The van der Waals surface area contributed by atoms with E-state index >= 15 is 0 Å². The molecule has 0 aliphatic heterocycles. The van der Waals surface area contributed by atoms with E-state index in [-0.39, 0.29) is 11.9 Å². The van der Waals surface area contributed by atoms with Crippen LogP contribution in [0, 0.1) is 0 Å². The van der Waals surface area contributed by atoms with Gasteiger partial charge in [-0.2, -0.15) is 0 Å². The van der Waals surface area contributed by atoms with Gasteiger partial charge in [0.2, 0.25) is 0 Å². The molecular weight excluding hydrogens is 358 g/mol. The number of carbonyl (C=O) groups is 1. The van der Waals surface area contributed by atoms with Crippen LogP contribution in [0.5, 0.6) is 0 Å². The van der Waals surface area contributed by atoms with Gasteiger partial charge in [-0.25, -0.2) is 4.98 Å². The first-order valence-electron chi connectivity index (χ1n) is 10.7. The first-order valence-corrected chi connectivity index (χ1v) is 11.0. The maximum atomic E-state index is 13.1. The Hall–Kier alpha value is -1.55. The Labute approximate surface area is 167 Å². The zero-order chi connectivity index (χ0) is 19.1. The van der Waals surface area contributed by atoms with E-state index in [1.165, 1.54) is 57.8 Å². The minimum Gasteiger partial charge on any atom is -0.348 e. The Morgan fingerprint density at radius 3 is 2.26 bits per heavy atom. The number of nitrogens with zero attached hydrogens (tertiary/aromatic N) is 2. The summed E-state index contributed by atoms with van der Waals surface area (Å²) in [5, 5.41) is 3.93. The number of imidazole rings is 1. The van der Waals surface area contributed by atoms with Crippen molar-refractivity contribution in [1.29, 1.82) is 0 Å². The largest absolute Gasteiger partial charge is 0.348 e. The van der Waals surface area contributed by atoms with Gasteiger partial charge >= 0.3 is 0 Å². The zero-order valence-electron chi connectivity index (χ0n) is 16.5. The van der Waals surface area contributed by atoms with E-state index in [0.29, 0.717) is 10.7 Å². The number of hydrogen-bond donors (Lipinski definition) is 1. The van der Waals surface area contributed by atoms with Crippen LogP contribution in [0.4, 0.5) is 0 Å². The second kappa shape index (κ2) is 10.1. The van der Waals surface area contributed by atoms with Gasteiger partial charge in [-0.3, -0.25) is 9.20 Å². The average Bonchev–Trinajstić information content (AvgIpc) is 3.01. The fourth-order valence-corrected chi connectivity index (χ4v) is 4.28. The first-order chi connectivity index (χ1) is 13.2. The Morgan fingerprint density at radius 1 is 1.07 bits per heavy atom. The predicted molar refractivity (Wildman–Crippen MR) is 112 cm³/mol. The lowest BCUT2D eigenvalue weighted by molar-refractivity contribution is 0.0924. The molecule has 0 atom stereocenters. The minimum atomic E-state index is -0.0151. The third-order valence-corrected chi connectivity index (χ3v) is 5.87. The van der Waals surface area contributed by atoms with Crippen molar-refractivity contribution in [2.75, 3.05) is 0 Å². The molecule has 0 spiro atoms. The fraction of sp³-hybridized carbons (Fsp3) is 0.636. The molecule has 2 aromatic heterocycles. The highest BCUT2D eigenvalue weighted by Gasteiger charge is 2.21. The summed E-state index contributed by atoms with van der Waals surface area (Å²) < 4.78 is 1.84. The van der Waals surface area contributed by atoms with Gasteiger partial charge in [0.1, 0.15) is 11.3 Å². The summed E-state index contributed by atoms with van der Waals surface area (Å²) in [5.41, 5.74) is 2.25. The van der Waals surface area contributed by atoms with Crippen LogP contribution in [0.15, 0.2) is 18.3 Å². The van der Waals surface area contributed by atoms with Gasteiger partial charge in [-0.05, 0) is 31.4 Å². The number of carbonyl (C=O) groups excluding carboxylic acids is 1. The van der Waals surface area contributed by atoms with Crippen LogP contribution in [0.3, 0.4) is 0 Å². The number of aryl methyl sites for hydroxylation is 1. The highest BCUT2D eigenvalue weighted by atomic mass is 35.5. The van der Waals surface area contributed by atoms with Gasteiger partial charge in [0.05, 0.1) is 10.7 Å². The highest BCUT2D eigenvalue weighted by Crippen LogP contribution is 2.20. The monoisotopic (exact) mass is 389 g/mol. The molecule has 0 bridgehead atoms. The van der Waals surface area contributed by atoms with Gasteiger partial charge in [0.15, 0.2) is 0 Å². The van der Waals surface area contributed by atoms with E-state index in [9.17, 15) is 4.79 Å². The molecule has 5 heteroatoms. The maximum absolute atomic E-state index is 13.1. The molecule has 4 nitrogen and oxygen atoms in total. The zero-order valence-corrected chi connectivity index (χ0v) is 17.2. The average molecular weight is 390 g/mol. The summed E-state index contributed by atoms with van der Waals surface area (Å²) in [6.07, 6.45) is 16.4. The third-order valence-electron chi connectivity index (χ3n) is 5.64. The highest BCUT2D eigenvalue weighted by molar-refractivity contribution is 6.30. The fourth-order valence-electron chi connectivity index (χ4n) is 4.12. The number of fused-ring (bicyclic) bond motifs is 1. The van der Waals surface area contributed by atoms with E-state index in [0.717, 1.165) is 30.6 Å². The van der Waals surface area contributed by atoms with E-state index in [2.05, 4.69) is 10.3 Å². The lowest BCUT2D eigenvalue weighted by atomic mass is 9.98. The van der Waals surface area contributed by atoms with Crippen molar-refractivity contribution < 1.29 is 4.79 Å². The molecule has 3 rings (SSSR count). The van der Waals surface area contributed by atoms with Crippen molar-refractivity contribution in [3.8, 4) is 0 Å². The number of hydrogen-bond acceptors (Lipinski definition) is 2. The standard InChI is InChI=1S/C22H32ClN3O/c1-2-19-21(26-16-17(23)14-15-20(26)25-19)22(27)24-18-12-10-8-6-4-3-5-7-9-11-13-18/h14-16,18H,2-13H2,1H3,(H,24,27). The van der Waals surface area contributed by atoms with E-state index in [1.54, 1.807) is 6.20 Å². The van der Waals surface area contributed by atoms with Gasteiger partial charge in [0.25, 0.3) is 5.91 Å². The number of pyridine rings is 1. The molecule has 0 saturated heterocycles. The maximum Gasteiger partial charge on any atom is 0.270 e. The SMILES string of the molecule is CCc1nc2ccc(Cl)cn2c1C(=O)NC1CCCCCCCCCCC1. The molecule has 0 unspecified atom stereocenters. The van der Waals surface area contributed by atoms with Crippen molar-refractivity contribution in [1.82, 2.24) is 14.7 Å². The second-order valence-corrected chi connectivity index (χ2v) is 8.20. The van der Waals surface area contributed by atoms with Gasteiger partial charge in [0, 0.05) is 12.2 Å². The van der Waals surface area contributed by atoms with Crippen LogP contribution in [-0.4, -0.2) is 21.3 Å². The van der Waals surface area contributed by atoms with Gasteiger partial charge < -0.3 is 5.32 Å². The first kappa shape index (κ1) is 20.2. The summed E-state index contributed by atoms with van der Waals surface area (Å²) in [4.78, 5) is 17.8. The minimum absolute atomic E-state index is 0.0151. The number of amides is 1. The Morgan fingerprint density at radius 2 is 1.67 bits per heavy atom. The molecule has 0 aromatic carbocycles. The number of aromatic nitrogens is 2. The van der Waals surface area contributed by atoms with Crippen molar-refractivity contribution in [3.63, 3.8) is 0 Å². The number of halogens is 1. The molecule has 1 aliphatic rings. The van der Waals surface area contributed by atoms with Gasteiger partial charge in [-0.1, -0.05) is 76.3 Å². The molecule has 148 valence electrons. The molecule has 1 saturated carbocycles. The summed E-state index contributed by atoms with van der Waals surface area (Å²) in [5.74, 6) is -0.0151. The predicted octanol–water partition coefficient (Wildman–Crippen LogP) is 5.95. The smallest absolute Gasteiger partial charge is 0.270 e. The van der Waals surface area contributed by atoms with Crippen LogP contribution >= 0.6 is 11.6 Å². The molecule has 1 N–H and O–H groups in total. The van der Waals surface area contributed by atoms with Crippen LogP contribution in [0.1, 0.15) is 93.7 Å². The molecule has 1 aliphatic carbocycles. The van der Waals surface area contributed by atoms with Crippen molar-refractivity contribution in [2.24, 2.45) is 0 Å². The molecule has 1 amide bonds. The normalized spacial score (nSPS) is 18.0. The van der Waals surface area contributed by atoms with E-state index in [1.807, 2.05) is 23.5 Å². The topological polar surface area (TPSA) is 46.4 Å².